The average molecular weight is 640 g/mol. The molecule has 0 unspecified atom stereocenters. The quantitative estimate of drug-likeness (QED) is 0.282. The number of rotatable bonds is 9. The zero-order valence-electron chi connectivity index (χ0n) is 22.0. The molecule has 0 aromatic heterocycles. The molecule has 0 radical (unpaired) electrons. The maximum atomic E-state index is 13.2. The Balaban J connectivity index is 1.71. The van der Waals surface area contributed by atoms with E-state index in [4.69, 9.17) is 0 Å². The molecular weight excluding hydrogens is 612 g/mol. The van der Waals surface area contributed by atoms with Crippen LogP contribution in [0.25, 0.3) is 0 Å². The molecule has 3 rings (SSSR count). The summed E-state index contributed by atoms with van der Waals surface area (Å²) in [5.41, 5.74) is -1.39. The summed E-state index contributed by atoms with van der Waals surface area (Å²) >= 11 is 1.39. The van der Waals surface area contributed by atoms with Crippen LogP contribution in [0, 0.1) is 5.92 Å². The number of alkyl halides is 6. The van der Waals surface area contributed by atoms with Crippen molar-refractivity contribution < 1.29 is 49.1 Å². The molecule has 230 valence electrons. The molecule has 0 aliphatic heterocycles. The SMILES string of the molecule is CSc1ccc(S(=O)(=O)C[C@@H]2C[C@H](NC(=O)C(F)(F)F)CC[C@@H]2NC(=O)CNC(=O)c2cccc(C(F)(F)F)c2)cc1. The Hall–Kier alpha value is -3.27. The van der Waals surface area contributed by atoms with Crippen molar-refractivity contribution in [3.63, 3.8) is 0 Å². The molecular formula is C26H27F6N3O5S2. The van der Waals surface area contributed by atoms with E-state index in [0.29, 0.717) is 6.07 Å². The van der Waals surface area contributed by atoms with Gasteiger partial charge in [-0.15, -0.1) is 11.8 Å². The second-order valence-corrected chi connectivity index (χ2v) is 12.5. The Labute approximate surface area is 241 Å². The highest BCUT2D eigenvalue weighted by Gasteiger charge is 2.42. The third-order valence-electron chi connectivity index (χ3n) is 6.64. The van der Waals surface area contributed by atoms with Gasteiger partial charge in [-0.25, -0.2) is 8.42 Å². The summed E-state index contributed by atoms with van der Waals surface area (Å²) in [6.07, 6.45) is -8.19. The Morgan fingerprint density at radius 1 is 0.952 bits per heavy atom. The van der Waals surface area contributed by atoms with Crippen molar-refractivity contribution in [3.8, 4) is 0 Å². The predicted octanol–water partition coefficient (Wildman–Crippen LogP) is 3.96. The lowest BCUT2D eigenvalue weighted by Crippen LogP contribution is -2.53. The number of carbonyl (C=O) groups is 3. The van der Waals surface area contributed by atoms with E-state index in [1.54, 1.807) is 18.4 Å². The lowest BCUT2D eigenvalue weighted by Gasteiger charge is -2.37. The van der Waals surface area contributed by atoms with E-state index in [2.05, 4.69) is 10.6 Å². The molecule has 3 atom stereocenters. The molecule has 0 saturated heterocycles. The highest BCUT2D eigenvalue weighted by molar-refractivity contribution is 7.98. The number of thioether (sulfide) groups is 1. The number of sulfone groups is 1. The minimum absolute atomic E-state index is 0.00231. The van der Waals surface area contributed by atoms with Gasteiger partial charge in [0.1, 0.15) is 0 Å². The number of halogens is 6. The van der Waals surface area contributed by atoms with Gasteiger partial charge in [0.25, 0.3) is 5.91 Å². The van der Waals surface area contributed by atoms with Gasteiger partial charge in [0, 0.05) is 22.5 Å². The van der Waals surface area contributed by atoms with E-state index in [9.17, 15) is 49.1 Å². The Bertz CT molecular complexity index is 1400. The summed E-state index contributed by atoms with van der Waals surface area (Å²) in [5.74, 6) is -5.37. The van der Waals surface area contributed by atoms with Gasteiger partial charge in [-0.2, -0.15) is 26.3 Å². The molecule has 1 fully saturated rings. The van der Waals surface area contributed by atoms with Gasteiger partial charge in [0.15, 0.2) is 9.84 Å². The third-order valence-corrected chi connectivity index (χ3v) is 9.24. The molecule has 3 amide bonds. The maximum absolute atomic E-state index is 13.2. The topological polar surface area (TPSA) is 121 Å². The summed E-state index contributed by atoms with van der Waals surface area (Å²) in [4.78, 5) is 37.2. The van der Waals surface area contributed by atoms with E-state index in [1.807, 2.05) is 5.32 Å². The zero-order chi connectivity index (χ0) is 31.3. The van der Waals surface area contributed by atoms with Crippen molar-refractivity contribution in [2.75, 3.05) is 18.6 Å². The van der Waals surface area contributed by atoms with E-state index < -0.39 is 75.8 Å². The van der Waals surface area contributed by atoms with Crippen molar-refractivity contribution in [1.29, 1.82) is 0 Å². The van der Waals surface area contributed by atoms with Crippen molar-refractivity contribution in [2.45, 2.75) is 53.5 Å². The van der Waals surface area contributed by atoms with Crippen LogP contribution in [0.1, 0.15) is 35.2 Å². The third kappa shape index (κ3) is 9.11. The molecule has 2 aromatic carbocycles. The fourth-order valence-electron chi connectivity index (χ4n) is 4.55. The second-order valence-electron chi connectivity index (χ2n) is 9.63. The number of amides is 3. The van der Waals surface area contributed by atoms with Crippen molar-refractivity contribution in [1.82, 2.24) is 16.0 Å². The number of nitrogens with one attached hydrogen (secondary N) is 3. The fraction of sp³-hybridized carbons (Fsp3) is 0.423. The smallest absolute Gasteiger partial charge is 0.352 e. The van der Waals surface area contributed by atoms with Crippen LogP contribution in [0.3, 0.4) is 0 Å². The highest BCUT2D eigenvalue weighted by atomic mass is 32.2. The second kappa shape index (κ2) is 13.4. The first kappa shape index (κ1) is 33.2. The molecule has 16 heteroatoms. The maximum Gasteiger partial charge on any atom is 0.471 e. The number of carbonyl (C=O) groups excluding carboxylic acids is 3. The Morgan fingerprint density at radius 2 is 1.62 bits per heavy atom. The molecule has 1 saturated carbocycles. The summed E-state index contributed by atoms with van der Waals surface area (Å²) in [5, 5.41) is 6.63. The molecule has 0 heterocycles. The molecule has 8 nitrogen and oxygen atoms in total. The van der Waals surface area contributed by atoms with Gasteiger partial charge in [-0.1, -0.05) is 6.07 Å². The van der Waals surface area contributed by atoms with E-state index in [1.165, 1.54) is 23.9 Å². The molecule has 42 heavy (non-hydrogen) atoms. The number of benzene rings is 2. The van der Waals surface area contributed by atoms with Crippen LogP contribution in [0.5, 0.6) is 0 Å². The molecule has 0 bridgehead atoms. The van der Waals surface area contributed by atoms with Crippen LogP contribution in [0.4, 0.5) is 26.3 Å². The van der Waals surface area contributed by atoms with Gasteiger partial charge in [-0.05, 0) is 73.9 Å². The van der Waals surface area contributed by atoms with Crippen molar-refractivity contribution in [3.05, 3.63) is 59.7 Å². The van der Waals surface area contributed by atoms with Gasteiger partial charge in [0.05, 0.1) is 22.8 Å². The van der Waals surface area contributed by atoms with Gasteiger partial charge < -0.3 is 16.0 Å². The number of hydrogen-bond donors (Lipinski definition) is 3. The fourth-order valence-corrected chi connectivity index (χ4v) is 6.64. The lowest BCUT2D eigenvalue weighted by molar-refractivity contribution is -0.174. The zero-order valence-corrected chi connectivity index (χ0v) is 23.6. The largest absolute Gasteiger partial charge is 0.471 e. The van der Waals surface area contributed by atoms with Crippen LogP contribution >= 0.6 is 11.8 Å². The van der Waals surface area contributed by atoms with Crippen LogP contribution in [0.15, 0.2) is 58.3 Å². The normalized spacial score (nSPS) is 19.5. The Kier molecular flexibility index (Phi) is 10.6. The monoisotopic (exact) mass is 639 g/mol. The van der Waals surface area contributed by atoms with Crippen molar-refractivity contribution >= 4 is 39.3 Å². The first-order chi connectivity index (χ1) is 19.5. The first-order valence-corrected chi connectivity index (χ1v) is 15.4. The lowest BCUT2D eigenvalue weighted by atomic mass is 9.82. The average Bonchev–Trinajstić information content (AvgIpc) is 2.92. The molecule has 1 aliphatic rings. The van der Waals surface area contributed by atoms with Gasteiger partial charge >= 0.3 is 18.3 Å². The predicted molar refractivity (Wildman–Crippen MR) is 141 cm³/mol. The minimum atomic E-state index is -5.14. The molecule has 2 aromatic rings. The van der Waals surface area contributed by atoms with Crippen LogP contribution in [-0.4, -0.2) is 63.0 Å². The van der Waals surface area contributed by atoms with E-state index >= 15 is 0 Å². The van der Waals surface area contributed by atoms with Crippen LogP contribution < -0.4 is 16.0 Å². The molecule has 1 aliphatic carbocycles. The van der Waals surface area contributed by atoms with Gasteiger partial charge in [-0.3, -0.25) is 14.4 Å². The highest BCUT2D eigenvalue weighted by Crippen LogP contribution is 2.31. The van der Waals surface area contributed by atoms with Crippen molar-refractivity contribution in [2.24, 2.45) is 5.92 Å². The summed E-state index contributed by atoms with van der Waals surface area (Å²) in [7, 11) is -3.97. The summed E-state index contributed by atoms with van der Waals surface area (Å²) < 4.78 is 104. The molecule has 3 N–H and O–H groups in total. The molecule has 0 spiro atoms. The number of hydrogen-bond acceptors (Lipinski definition) is 6. The minimum Gasteiger partial charge on any atom is -0.352 e. The standard InChI is InChI=1S/C26H27F6N3O5S2/c1-41-19-6-8-20(9-7-19)42(39,40)14-16-12-18(34-24(38)26(30,31)32)5-10-21(16)35-22(36)13-33-23(37)15-3-2-4-17(11-15)25(27,28)29/h2-4,6-9,11,16,18,21H,5,10,12-14H2,1H3,(H,33,37)(H,34,38)(H,35,36)/t16-,18+,21-/m0/s1. The van der Waals surface area contributed by atoms with Crippen LogP contribution in [-0.2, 0) is 25.6 Å². The first-order valence-electron chi connectivity index (χ1n) is 12.5. The van der Waals surface area contributed by atoms with Crippen LogP contribution in [0.2, 0.25) is 0 Å². The summed E-state index contributed by atoms with van der Waals surface area (Å²) in [6.45, 7) is -0.657. The summed E-state index contributed by atoms with van der Waals surface area (Å²) in [6, 6.07) is 7.69. The van der Waals surface area contributed by atoms with E-state index in [-0.39, 0.29) is 29.7 Å². The Morgan fingerprint density at radius 3 is 2.21 bits per heavy atom. The van der Waals surface area contributed by atoms with Gasteiger partial charge in [0.2, 0.25) is 5.91 Å². The van der Waals surface area contributed by atoms with E-state index in [0.717, 1.165) is 23.1 Å².